The number of para-hydroxylation sites is 1. The van der Waals surface area contributed by atoms with Crippen molar-refractivity contribution in [3.8, 4) is 5.75 Å². The normalized spacial score (nSPS) is 14.7. The Morgan fingerprint density at radius 1 is 1.11 bits per heavy atom. The average molecular weight is 476 g/mol. The minimum Gasteiger partial charge on any atom is -1.00 e. The van der Waals surface area contributed by atoms with E-state index in [1.807, 2.05) is 31.2 Å². The molecule has 0 bridgehead atoms. The number of nitrogens with zero attached hydrogens (tertiary/aromatic N) is 2. The van der Waals surface area contributed by atoms with Gasteiger partial charge in [0, 0.05) is 12.0 Å². The average Bonchev–Trinajstić information content (AvgIpc) is 3.16. The number of hydrogen-bond donors (Lipinski definition) is 0. The predicted octanol–water partition coefficient (Wildman–Crippen LogP) is 1.61. The third kappa shape index (κ3) is 6.09. The van der Waals surface area contributed by atoms with Crippen LogP contribution in [0.15, 0.2) is 60.7 Å². The van der Waals surface area contributed by atoms with Gasteiger partial charge >= 0.3 is 0 Å². The number of halogens is 1. The maximum Gasteiger partial charge on any atom is 0.234 e. The van der Waals surface area contributed by atoms with Crippen LogP contribution in [0.1, 0.15) is 37.4 Å². The molecule has 0 aromatic heterocycles. The lowest BCUT2D eigenvalue weighted by molar-refractivity contribution is -0.514. The highest BCUT2D eigenvalue weighted by Crippen LogP contribution is 2.21. The quantitative estimate of drug-likeness (QED) is 0.327. The van der Waals surface area contributed by atoms with Gasteiger partial charge in [0.05, 0.1) is 13.2 Å². The van der Waals surface area contributed by atoms with Crippen LogP contribution >= 0.6 is 0 Å². The van der Waals surface area contributed by atoms with Crippen molar-refractivity contribution >= 4 is 12.4 Å². The molecule has 1 atom stereocenters. The summed E-state index contributed by atoms with van der Waals surface area (Å²) in [6.45, 7) is 8.25. The Morgan fingerprint density at radius 3 is 2.63 bits per heavy atom. The first-order chi connectivity index (χ1) is 12.8. The molecule has 0 spiro atoms. The summed E-state index contributed by atoms with van der Waals surface area (Å²) in [6.07, 6.45) is 7.44. The van der Waals surface area contributed by atoms with Gasteiger partial charge in [0.1, 0.15) is 24.9 Å². The number of hydrogen-bond acceptors (Lipinski definition) is 2. The molecule has 144 valence electrons. The summed E-state index contributed by atoms with van der Waals surface area (Å²) in [5.74, 6) is 0.968. The highest BCUT2D eigenvalue weighted by atomic mass is 127. The number of allylic oxidation sites excluding steroid dienone is 1. The fraction of sp³-hybridized carbons (Fsp3) is 0.348. The fourth-order valence-corrected chi connectivity index (χ4v) is 3.33. The van der Waals surface area contributed by atoms with Crippen LogP contribution < -0.4 is 28.7 Å². The maximum absolute atomic E-state index is 5.99. The van der Waals surface area contributed by atoms with Crippen LogP contribution in [0.3, 0.4) is 0 Å². The zero-order valence-electron chi connectivity index (χ0n) is 16.2. The van der Waals surface area contributed by atoms with Gasteiger partial charge in [-0.1, -0.05) is 60.7 Å². The summed E-state index contributed by atoms with van der Waals surface area (Å²) in [4.78, 5) is 2.43. The lowest BCUT2D eigenvalue weighted by atomic mass is 10.1. The van der Waals surface area contributed by atoms with Crippen LogP contribution in [0.25, 0.3) is 6.08 Å². The number of benzene rings is 2. The van der Waals surface area contributed by atoms with E-state index in [1.54, 1.807) is 0 Å². The van der Waals surface area contributed by atoms with Gasteiger partial charge in [-0.25, -0.2) is 0 Å². The van der Waals surface area contributed by atoms with E-state index in [1.165, 1.54) is 5.56 Å². The Kier molecular flexibility index (Phi) is 8.85. The summed E-state index contributed by atoms with van der Waals surface area (Å²) < 4.78 is 8.39. The molecule has 0 N–H and O–H groups in total. The van der Waals surface area contributed by atoms with E-state index < -0.39 is 0 Å². The van der Waals surface area contributed by atoms with Gasteiger partial charge in [0.2, 0.25) is 6.34 Å². The molecule has 3 nitrogen and oxygen atoms in total. The monoisotopic (exact) mass is 476 g/mol. The van der Waals surface area contributed by atoms with Crippen LogP contribution in [0, 0.1) is 0 Å². The van der Waals surface area contributed by atoms with Gasteiger partial charge in [-0.05, 0) is 25.5 Å². The molecule has 1 heterocycles. The summed E-state index contributed by atoms with van der Waals surface area (Å²) in [6, 6.07) is 19.3. The molecule has 27 heavy (non-hydrogen) atoms. The zero-order valence-corrected chi connectivity index (χ0v) is 18.4. The summed E-state index contributed by atoms with van der Waals surface area (Å²) in [7, 11) is 0. The smallest absolute Gasteiger partial charge is 0.234 e. The molecule has 0 aliphatic carbocycles. The Bertz CT molecular complexity index is 758. The number of ether oxygens (including phenoxy) is 1. The molecule has 4 heteroatoms. The molecule has 2 aromatic carbocycles. The molecule has 1 aliphatic rings. The molecular formula is C23H29IN2O. The third-order valence-corrected chi connectivity index (χ3v) is 4.85. The van der Waals surface area contributed by atoms with Crippen molar-refractivity contribution < 1.29 is 33.3 Å². The molecule has 0 amide bonds. The van der Waals surface area contributed by atoms with E-state index in [0.29, 0.717) is 6.04 Å². The van der Waals surface area contributed by atoms with E-state index in [2.05, 4.69) is 65.2 Å². The van der Waals surface area contributed by atoms with Gasteiger partial charge in [-0.15, -0.1) is 0 Å². The predicted molar refractivity (Wildman–Crippen MR) is 109 cm³/mol. The molecule has 0 fully saturated rings. The van der Waals surface area contributed by atoms with Gasteiger partial charge in [-0.2, -0.15) is 0 Å². The fourth-order valence-electron chi connectivity index (χ4n) is 3.33. The van der Waals surface area contributed by atoms with Crippen molar-refractivity contribution in [1.29, 1.82) is 0 Å². The second-order valence-corrected chi connectivity index (χ2v) is 6.72. The Morgan fingerprint density at radius 2 is 1.85 bits per heavy atom. The topological polar surface area (TPSA) is 15.5 Å². The van der Waals surface area contributed by atoms with Crippen LogP contribution in [0.5, 0.6) is 5.75 Å². The molecule has 3 rings (SSSR count). The molecule has 0 saturated carbocycles. The summed E-state index contributed by atoms with van der Waals surface area (Å²) >= 11 is 0. The largest absolute Gasteiger partial charge is 1.00 e. The standard InChI is InChI=1S/C23H29N2O.HI/c1-3-10-22-13-7-8-14-23(22)26-18-9-15-24-16-17-25(19-24)20(2)21-11-5-4-6-12-21;/h3-8,10-14,19-20H,9,15-18H2,1-2H3;1H/q+1;/p-1/b10-3+;/t20-;/m1./s1. The van der Waals surface area contributed by atoms with E-state index in [0.717, 1.165) is 44.0 Å². The number of rotatable bonds is 8. The first kappa shape index (κ1) is 21.5. The molecular weight excluding hydrogens is 447 g/mol. The van der Waals surface area contributed by atoms with Crippen molar-refractivity contribution in [2.45, 2.75) is 26.3 Å². The summed E-state index contributed by atoms with van der Waals surface area (Å²) in [5.41, 5.74) is 2.51. The van der Waals surface area contributed by atoms with E-state index in [4.69, 9.17) is 4.74 Å². The molecule has 0 saturated heterocycles. The minimum absolute atomic E-state index is 0. The molecule has 2 aromatic rings. The molecule has 1 aliphatic heterocycles. The van der Waals surface area contributed by atoms with Crippen molar-refractivity contribution in [2.24, 2.45) is 0 Å². The van der Waals surface area contributed by atoms with Gasteiger partial charge in [0.15, 0.2) is 0 Å². The Hall–Kier alpha value is -1.82. The van der Waals surface area contributed by atoms with Crippen LogP contribution in [0.4, 0.5) is 0 Å². The first-order valence-corrected chi connectivity index (χ1v) is 9.52. The lowest BCUT2D eigenvalue weighted by Crippen LogP contribution is -3.00. The van der Waals surface area contributed by atoms with Gasteiger partial charge in [-0.3, -0.25) is 9.48 Å². The van der Waals surface area contributed by atoms with Crippen LogP contribution in [-0.4, -0.2) is 42.1 Å². The third-order valence-electron chi connectivity index (χ3n) is 4.85. The molecule has 0 radical (unpaired) electrons. The van der Waals surface area contributed by atoms with E-state index in [-0.39, 0.29) is 24.0 Å². The van der Waals surface area contributed by atoms with Gasteiger partial charge in [0.25, 0.3) is 0 Å². The Balaban J connectivity index is 0.00000261. The Labute approximate surface area is 180 Å². The second-order valence-electron chi connectivity index (χ2n) is 6.72. The van der Waals surface area contributed by atoms with Crippen molar-refractivity contribution in [2.75, 3.05) is 26.2 Å². The van der Waals surface area contributed by atoms with Crippen LogP contribution in [0.2, 0.25) is 0 Å². The first-order valence-electron chi connectivity index (χ1n) is 9.52. The van der Waals surface area contributed by atoms with Crippen molar-refractivity contribution in [3.05, 3.63) is 71.8 Å². The molecule has 0 unspecified atom stereocenters. The van der Waals surface area contributed by atoms with Crippen molar-refractivity contribution in [3.63, 3.8) is 0 Å². The van der Waals surface area contributed by atoms with Crippen molar-refractivity contribution in [1.82, 2.24) is 4.90 Å². The minimum atomic E-state index is 0. The second kappa shape index (κ2) is 11.1. The van der Waals surface area contributed by atoms with E-state index in [9.17, 15) is 0 Å². The van der Waals surface area contributed by atoms with Crippen LogP contribution in [-0.2, 0) is 0 Å². The summed E-state index contributed by atoms with van der Waals surface area (Å²) in [5, 5.41) is 0. The lowest BCUT2D eigenvalue weighted by Gasteiger charge is -2.16. The van der Waals surface area contributed by atoms with E-state index >= 15 is 0 Å². The van der Waals surface area contributed by atoms with Gasteiger partial charge < -0.3 is 28.7 Å². The highest BCUT2D eigenvalue weighted by Gasteiger charge is 2.25. The highest BCUT2D eigenvalue weighted by molar-refractivity contribution is 5.56. The zero-order chi connectivity index (χ0) is 18.2. The SMILES string of the molecule is C/C=C/c1ccccc1OCCC[N+]1=CN([C@H](C)c2ccccc2)CC1.[I-]. The maximum atomic E-state index is 5.99.